The second-order valence-corrected chi connectivity index (χ2v) is 8.92. The van der Waals surface area contributed by atoms with Crippen LogP contribution in [0.2, 0.25) is 0 Å². The minimum atomic E-state index is -0.0630. The van der Waals surface area contributed by atoms with Crippen molar-refractivity contribution in [1.29, 1.82) is 0 Å². The Labute approximate surface area is 184 Å². The Hall–Kier alpha value is -2.81. The molecule has 0 saturated carbocycles. The first-order valence-corrected chi connectivity index (χ1v) is 11.4. The fourth-order valence-corrected chi connectivity index (χ4v) is 5.15. The average molecular weight is 436 g/mol. The molecule has 4 aromatic rings. The Morgan fingerprint density at radius 3 is 2.68 bits per heavy atom. The molecule has 4 heterocycles. The van der Waals surface area contributed by atoms with Crippen molar-refractivity contribution in [3.05, 3.63) is 69.4 Å². The number of thiophene rings is 1. The molecule has 8 heteroatoms. The summed E-state index contributed by atoms with van der Waals surface area (Å²) < 4.78 is 5.17. The number of benzene rings is 1. The lowest BCUT2D eigenvalue weighted by molar-refractivity contribution is 0.0933. The van der Waals surface area contributed by atoms with Crippen LogP contribution in [0.1, 0.15) is 30.2 Å². The summed E-state index contributed by atoms with van der Waals surface area (Å²) in [5.41, 5.74) is 2.90. The molecule has 0 aliphatic carbocycles. The van der Waals surface area contributed by atoms with E-state index in [4.69, 9.17) is 9.51 Å². The quantitative estimate of drug-likeness (QED) is 0.513. The minimum Gasteiger partial charge on any atom is -0.361 e. The molecular formula is C23H25N5O2S. The molecule has 1 N–H and O–H groups in total. The van der Waals surface area contributed by atoms with Crippen molar-refractivity contribution in [1.82, 2.24) is 24.9 Å². The normalized spacial score (nSPS) is 16.7. The SMILES string of the molecule is Cc1cc(CN2CCN(C(C)c3nc4scc(-c5ccccc5)c4c(=O)[nH]3)CC2)no1. The van der Waals surface area contributed by atoms with Crippen LogP contribution in [-0.4, -0.2) is 51.1 Å². The van der Waals surface area contributed by atoms with Crippen molar-refractivity contribution in [2.75, 3.05) is 26.2 Å². The molecule has 0 spiro atoms. The molecule has 1 aliphatic heterocycles. The zero-order valence-electron chi connectivity index (χ0n) is 17.7. The van der Waals surface area contributed by atoms with E-state index in [1.165, 1.54) is 11.3 Å². The largest absolute Gasteiger partial charge is 0.361 e. The van der Waals surface area contributed by atoms with Crippen LogP contribution in [0.5, 0.6) is 0 Å². The van der Waals surface area contributed by atoms with Gasteiger partial charge in [0.25, 0.3) is 5.56 Å². The lowest BCUT2D eigenvalue weighted by atomic mass is 10.1. The highest BCUT2D eigenvalue weighted by Crippen LogP contribution is 2.31. The van der Waals surface area contributed by atoms with E-state index in [1.807, 2.05) is 48.7 Å². The molecule has 1 saturated heterocycles. The summed E-state index contributed by atoms with van der Waals surface area (Å²) in [6.07, 6.45) is 0. The number of rotatable bonds is 5. The van der Waals surface area contributed by atoms with Crippen LogP contribution < -0.4 is 5.56 Å². The molecule has 1 aromatic carbocycles. The first-order chi connectivity index (χ1) is 15.1. The molecule has 1 fully saturated rings. The third-order valence-electron chi connectivity index (χ3n) is 5.96. The topological polar surface area (TPSA) is 78.3 Å². The number of aromatic amines is 1. The Kier molecular flexibility index (Phi) is 5.43. The summed E-state index contributed by atoms with van der Waals surface area (Å²) in [4.78, 5) is 26.4. The van der Waals surface area contributed by atoms with E-state index < -0.39 is 0 Å². The number of aryl methyl sites for hydroxylation is 1. The summed E-state index contributed by atoms with van der Waals surface area (Å²) in [5, 5.41) is 6.80. The van der Waals surface area contributed by atoms with E-state index in [-0.39, 0.29) is 11.6 Å². The number of piperazine rings is 1. The number of H-pyrrole nitrogens is 1. The molecule has 5 rings (SSSR count). The summed E-state index contributed by atoms with van der Waals surface area (Å²) >= 11 is 1.53. The Bertz CT molecular complexity index is 1240. The zero-order chi connectivity index (χ0) is 21.4. The number of hydrogen-bond acceptors (Lipinski definition) is 7. The minimum absolute atomic E-state index is 0.0517. The van der Waals surface area contributed by atoms with E-state index in [2.05, 4.69) is 26.9 Å². The molecule has 160 valence electrons. The summed E-state index contributed by atoms with van der Waals surface area (Å²) in [6.45, 7) is 8.56. The predicted molar refractivity (Wildman–Crippen MR) is 122 cm³/mol. The molecule has 7 nitrogen and oxygen atoms in total. The molecule has 1 unspecified atom stereocenters. The van der Waals surface area contributed by atoms with Gasteiger partial charge in [-0.3, -0.25) is 14.6 Å². The lowest BCUT2D eigenvalue weighted by Gasteiger charge is -2.37. The average Bonchev–Trinajstić information content (AvgIpc) is 3.40. The highest BCUT2D eigenvalue weighted by Gasteiger charge is 2.25. The fraction of sp³-hybridized carbons (Fsp3) is 0.348. The highest BCUT2D eigenvalue weighted by molar-refractivity contribution is 7.17. The molecule has 3 aromatic heterocycles. The Morgan fingerprint density at radius 2 is 1.97 bits per heavy atom. The van der Waals surface area contributed by atoms with Gasteiger partial charge in [-0.2, -0.15) is 0 Å². The van der Waals surface area contributed by atoms with Gasteiger partial charge in [0.05, 0.1) is 17.1 Å². The molecular weight excluding hydrogens is 410 g/mol. The number of aromatic nitrogens is 3. The van der Waals surface area contributed by atoms with Gasteiger partial charge in [0, 0.05) is 49.7 Å². The fourth-order valence-electron chi connectivity index (χ4n) is 4.20. The first-order valence-electron chi connectivity index (χ1n) is 10.5. The van der Waals surface area contributed by atoms with Gasteiger partial charge in [-0.15, -0.1) is 11.3 Å². The van der Waals surface area contributed by atoms with Crippen LogP contribution in [0.15, 0.2) is 51.1 Å². The Balaban J connectivity index is 1.31. The van der Waals surface area contributed by atoms with Gasteiger partial charge in [-0.25, -0.2) is 4.98 Å². The number of hydrogen-bond donors (Lipinski definition) is 1. The van der Waals surface area contributed by atoms with Crippen LogP contribution in [0.25, 0.3) is 21.3 Å². The molecule has 0 radical (unpaired) electrons. The van der Waals surface area contributed by atoms with Crippen molar-refractivity contribution >= 4 is 21.6 Å². The van der Waals surface area contributed by atoms with Crippen molar-refractivity contribution in [2.45, 2.75) is 26.4 Å². The van der Waals surface area contributed by atoms with Gasteiger partial charge in [-0.05, 0) is 19.4 Å². The highest BCUT2D eigenvalue weighted by atomic mass is 32.1. The zero-order valence-corrected chi connectivity index (χ0v) is 18.5. The van der Waals surface area contributed by atoms with Crippen LogP contribution in [0.3, 0.4) is 0 Å². The van der Waals surface area contributed by atoms with Gasteiger partial charge < -0.3 is 9.51 Å². The van der Waals surface area contributed by atoms with Gasteiger partial charge in [0.15, 0.2) is 0 Å². The van der Waals surface area contributed by atoms with Gasteiger partial charge in [0.1, 0.15) is 16.4 Å². The van der Waals surface area contributed by atoms with Gasteiger partial charge in [-0.1, -0.05) is 35.5 Å². The molecule has 0 amide bonds. The lowest BCUT2D eigenvalue weighted by Crippen LogP contribution is -2.47. The first kappa shape index (κ1) is 20.1. The third-order valence-corrected chi connectivity index (χ3v) is 6.83. The van der Waals surface area contributed by atoms with E-state index >= 15 is 0 Å². The maximum Gasteiger partial charge on any atom is 0.260 e. The maximum atomic E-state index is 13.0. The van der Waals surface area contributed by atoms with Crippen LogP contribution >= 0.6 is 11.3 Å². The second-order valence-electron chi connectivity index (χ2n) is 8.06. The summed E-state index contributed by atoms with van der Waals surface area (Å²) in [5.74, 6) is 1.58. The third kappa shape index (κ3) is 4.06. The summed E-state index contributed by atoms with van der Waals surface area (Å²) in [7, 11) is 0. The van der Waals surface area contributed by atoms with Crippen molar-refractivity contribution in [3.63, 3.8) is 0 Å². The van der Waals surface area contributed by atoms with Gasteiger partial charge in [0.2, 0.25) is 0 Å². The number of nitrogens with zero attached hydrogens (tertiary/aromatic N) is 4. The van der Waals surface area contributed by atoms with Crippen molar-refractivity contribution in [3.8, 4) is 11.1 Å². The molecule has 31 heavy (non-hydrogen) atoms. The number of nitrogens with one attached hydrogen (secondary N) is 1. The molecule has 1 atom stereocenters. The second kappa shape index (κ2) is 8.37. The molecule has 1 aliphatic rings. The van der Waals surface area contributed by atoms with E-state index in [0.717, 1.165) is 66.0 Å². The summed E-state index contributed by atoms with van der Waals surface area (Å²) in [6, 6.07) is 12.0. The maximum absolute atomic E-state index is 13.0. The number of fused-ring (bicyclic) bond motifs is 1. The van der Waals surface area contributed by atoms with Crippen LogP contribution in [0.4, 0.5) is 0 Å². The van der Waals surface area contributed by atoms with E-state index in [9.17, 15) is 4.79 Å². The predicted octanol–water partition coefficient (Wildman–Crippen LogP) is 3.83. The van der Waals surface area contributed by atoms with Gasteiger partial charge >= 0.3 is 0 Å². The van der Waals surface area contributed by atoms with Crippen LogP contribution in [0, 0.1) is 6.92 Å². The standard InChI is InChI=1S/C23H25N5O2S/c1-15-12-18(26-30-15)13-27-8-10-28(11-9-27)16(2)21-24-22(29)20-19(14-31-23(20)25-21)17-6-4-3-5-7-17/h3-7,12,14,16H,8-11,13H2,1-2H3,(H,24,25,29). The van der Waals surface area contributed by atoms with E-state index in [0.29, 0.717) is 5.39 Å². The smallest absolute Gasteiger partial charge is 0.260 e. The molecule has 0 bridgehead atoms. The van der Waals surface area contributed by atoms with Crippen molar-refractivity contribution < 1.29 is 4.52 Å². The van der Waals surface area contributed by atoms with Crippen molar-refractivity contribution in [2.24, 2.45) is 0 Å². The monoisotopic (exact) mass is 435 g/mol. The van der Waals surface area contributed by atoms with Crippen LogP contribution in [-0.2, 0) is 6.54 Å². The Morgan fingerprint density at radius 1 is 1.19 bits per heavy atom. The van der Waals surface area contributed by atoms with E-state index in [1.54, 1.807) is 0 Å².